The Hall–Kier alpha value is -3.16. The molecule has 1 N–H and O–H groups in total. The van der Waals surface area contributed by atoms with Gasteiger partial charge in [-0.3, -0.25) is 14.9 Å². The molecule has 0 aliphatic carbocycles. The standard InChI is InChI=1S/C20H17F3N4O/c21-14-3-1-12(2-4-14)15-10-27(20(28)13-5-7-24-8-6-13)11-16(15)17-9-18(19(22)23)26-25-17/h1-9,15-16,19H,10-11H2,(H,25,26)/t15-,16+/m0/s1. The number of benzene rings is 1. The quantitative estimate of drug-likeness (QED) is 0.740. The molecule has 1 saturated heterocycles. The van der Waals surface area contributed by atoms with E-state index >= 15 is 0 Å². The second-order valence-corrected chi connectivity index (χ2v) is 6.76. The third-order valence-electron chi connectivity index (χ3n) is 5.07. The Morgan fingerprint density at radius 3 is 2.39 bits per heavy atom. The summed E-state index contributed by atoms with van der Waals surface area (Å²) < 4.78 is 39.3. The van der Waals surface area contributed by atoms with Gasteiger partial charge in [0, 0.05) is 48.6 Å². The number of H-pyrrole nitrogens is 1. The van der Waals surface area contributed by atoms with E-state index in [9.17, 15) is 18.0 Å². The molecule has 1 amide bonds. The topological polar surface area (TPSA) is 61.9 Å². The molecular formula is C20H17F3N4O. The van der Waals surface area contributed by atoms with Gasteiger partial charge >= 0.3 is 0 Å². The van der Waals surface area contributed by atoms with Crippen LogP contribution in [-0.4, -0.2) is 39.1 Å². The van der Waals surface area contributed by atoms with E-state index in [1.807, 2.05) is 0 Å². The van der Waals surface area contributed by atoms with Crippen LogP contribution in [0.4, 0.5) is 13.2 Å². The number of hydrogen-bond donors (Lipinski definition) is 1. The third kappa shape index (κ3) is 3.49. The van der Waals surface area contributed by atoms with Gasteiger partial charge in [0.1, 0.15) is 11.5 Å². The van der Waals surface area contributed by atoms with Gasteiger partial charge < -0.3 is 4.90 Å². The van der Waals surface area contributed by atoms with Gasteiger partial charge in [0.05, 0.1) is 0 Å². The fourth-order valence-electron chi connectivity index (χ4n) is 3.66. The third-order valence-corrected chi connectivity index (χ3v) is 5.07. The first-order chi connectivity index (χ1) is 13.5. The minimum absolute atomic E-state index is 0.161. The summed E-state index contributed by atoms with van der Waals surface area (Å²) in [5.41, 5.74) is 1.55. The highest BCUT2D eigenvalue weighted by Crippen LogP contribution is 2.40. The molecule has 1 aliphatic rings. The average Bonchev–Trinajstić information content (AvgIpc) is 3.36. The van der Waals surface area contributed by atoms with Crippen LogP contribution >= 0.6 is 0 Å². The van der Waals surface area contributed by atoms with Crippen LogP contribution in [0.2, 0.25) is 0 Å². The molecule has 1 fully saturated rings. The molecule has 8 heteroatoms. The molecule has 2 aromatic heterocycles. The molecule has 4 rings (SSSR count). The van der Waals surface area contributed by atoms with Gasteiger partial charge in [-0.15, -0.1) is 0 Å². The van der Waals surface area contributed by atoms with Crippen molar-refractivity contribution in [3.05, 3.63) is 83.2 Å². The Kier molecular flexibility index (Phi) is 4.85. The molecular weight excluding hydrogens is 369 g/mol. The number of nitrogens with one attached hydrogen (secondary N) is 1. The smallest absolute Gasteiger partial charge is 0.282 e. The van der Waals surface area contributed by atoms with E-state index in [1.165, 1.54) is 18.2 Å². The summed E-state index contributed by atoms with van der Waals surface area (Å²) in [6, 6.07) is 10.7. The minimum atomic E-state index is -2.68. The Morgan fingerprint density at radius 1 is 1.07 bits per heavy atom. The van der Waals surface area contributed by atoms with Gasteiger partial charge in [-0.05, 0) is 35.9 Å². The lowest BCUT2D eigenvalue weighted by Crippen LogP contribution is -2.28. The van der Waals surface area contributed by atoms with Crippen molar-refractivity contribution in [1.82, 2.24) is 20.1 Å². The van der Waals surface area contributed by atoms with E-state index in [1.54, 1.807) is 41.6 Å². The normalized spacial score (nSPS) is 19.4. The van der Waals surface area contributed by atoms with Crippen LogP contribution in [0.3, 0.4) is 0 Å². The van der Waals surface area contributed by atoms with Crippen molar-refractivity contribution in [2.45, 2.75) is 18.3 Å². The van der Waals surface area contributed by atoms with Crippen molar-refractivity contribution in [3.63, 3.8) is 0 Å². The zero-order valence-electron chi connectivity index (χ0n) is 14.7. The Morgan fingerprint density at radius 2 is 1.75 bits per heavy atom. The highest BCUT2D eigenvalue weighted by molar-refractivity contribution is 5.94. The van der Waals surface area contributed by atoms with Gasteiger partial charge in [0.2, 0.25) is 0 Å². The van der Waals surface area contributed by atoms with Crippen molar-refractivity contribution >= 4 is 5.91 Å². The first kappa shape index (κ1) is 18.2. The van der Waals surface area contributed by atoms with Crippen molar-refractivity contribution < 1.29 is 18.0 Å². The summed E-state index contributed by atoms with van der Waals surface area (Å²) in [5.74, 6) is -0.941. The van der Waals surface area contributed by atoms with Crippen LogP contribution in [-0.2, 0) is 0 Å². The van der Waals surface area contributed by atoms with Gasteiger partial charge in [-0.1, -0.05) is 12.1 Å². The number of carbonyl (C=O) groups is 1. The van der Waals surface area contributed by atoms with E-state index in [4.69, 9.17) is 0 Å². The van der Waals surface area contributed by atoms with E-state index in [0.29, 0.717) is 24.3 Å². The molecule has 1 aliphatic heterocycles. The lowest BCUT2D eigenvalue weighted by molar-refractivity contribution is 0.0789. The maximum absolute atomic E-state index is 13.3. The van der Waals surface area contributed by atoms with Crippen molar-refractivity contribution in [2.75, 3.05) is 13.1 Å². The van der Waals surface area contributed by atoms with Crippen molar-refractivity contribution in [2.24, 2.45) is 0 Å². The second kappa shape index (κ2) is 7.46. The number of amides is 1. The summed E-state index contributed by atoms with van der Waals surface area (Å²) in [5, 5.41) is 6.37. The zero-order valence-corrected chi connectivity index (χ0v) is 14.7. The van der Waals surface area contributed by atoms with Crippen molar-refractivity contribution in [3.8, 4) is 0 Å². The minimum Gasteiger partial charge on any atom is -0.337 e. The van der Waals surface area contributed by atoms with Gasteiger partial charge in [0.15, 0.2) is 0 Å². The first-order valence-corrected chi connectivity index (χ1v) is 8.81. The maximum Gasteiger partial charge on any atom is 0.282 e. The Labute approximate surface area is 159 Å². The zero-order chi connectivity index (χ0) is 19.7. The van der Waals surface area contributed by atoms with Crippen LogP contribution in [0.15, 0.2) is 54.9 Å². The van der Waals surface area contributed by atoms with E-state index in [-0.39, 0.29) is 29.3 Å². The lowest BCUT2D eigenvalue weighted by Gasteiger charge is -2.17. The summed E-state index contributed by atoms with van der Waals surface area (Å²) in [6.45, 7) is 0.731. The number of rotatable bonds is 4. The number of carbonyl (C=O) groups excluding carboxylic acids is 1. The van der Waals surface area contributed by atoms with E-state index < -0.39 is 6.43 Å². The molecule has 0 bridgehead atoms. The molecule has 0 spiro atoms. The number of hydrogen-bond acceptors (Lipinski definition) is 3. The molecule has 28 heavy (non-hydrogen) atoms. The Balaban J connectivity index is 1.66. The van der Waals surface area contributed by atoms with Crippen molar-refractivity contribution in [1.29, 1.82) is 0 Å². The lowest BCUT2D eigenvalue weighted by atomic mass is 9.87. The van der Waals surface area contributed by atoms with Gasteiger partial charge in [0.25, 0.3) is 12.3 Å². The number of aromatic nitrogens is 3. The molecule has 2 atom stereocenters. The molecule has 0 radical (unpaired) electrons. The number of alkyl halides is 2. The summed E-state index contributed by atoms with van der Waals surface area (Å²) in [4.78, 5) is 18.5. The van der Waals surface area contributed by atoms with E-state index in [0.717, 1.165) is 5.56 Å². The van der Waals surface area contributed by atoms with E-state index in [2.05, 4.69) is 15.2 Å². The number of likely N-dealkylation sites (tertiary alicyclic amines) is 1. The summed E-state index contributed by atoms with van der Waals surface area (Å²) >= 11 is 0. The van der Waals surface area contributed by atoms with Gasteiger partial charge in [-0.25, -0.2) is 13.2 Å². The summed E-state index contributed by atoms with van der Waals surface area (Å²) in [7, 11) is 0. The summed E-state index contributed by atoms with van der Waals surface area (Å²) in [6.07, 6.45) is 0.412. The van der Waals surface area contributed by atoms with Crippen LogP contribution < -0.4 is 0 Å². The number of aromatic amines is 1. The predicted molar refractivity (Wildman–Crippen MR) is 95.6 cm³/mol. The molecule has 5 nitrogen and oxygen atoms in total. The van der Waals surface area contributed by atoms with Crippen LogP contribution in [0.1, 0.15) is 45.6 Å². The highest BCUT2D eigenvalue weighted by Gasteiger charge is 2.38. The number of nitrogens with zero attached hydrogens (tertiary/aromatic N) is 3. The number of halogens is 3. The fourth-order valence-corrected chi connectivity index (χ4v) is 3.66. The number of pyridine rings is 1. The largest absolute Gasteiger partial charge is 0.337 e. The predicted octanol–water partition coefficient (Wildman–Crippen LogP) is 3.90. The molecule has 0 saturated carbocycles. The highest BCUT2D eigenvalue weighted by atomic mass is 19.3. The first-order valence-electron chi connectivity index (χ1n) is 8.81. The second-order valence-electron chi connectivity index (χ2n) is 6.76. The molecule has 3 aromatic rings. The Bertz CT molecular complexity index is 959. The monoisotopic (exact) mass is 386 g/mol. The van der Waals surface area contributed by atoms with Crippen LogP contribution in [0.5, 0.6) is 0 Å². The van der Waals surface area contributed by atoms with Crippen LogP contribution in [0.25, 0.3) is 0 Å². The average molecular weight is 386 g/mol. The molecule has 1 aromatic carbocycles. The maximum atomic E-state index is 13.3. The SMILES string of the molecule is O=C(c1ccncc1)N1C[C@@H](c2ccc(F)cc2)[C@H](c2cc(C(F)F)n[nH]2)C1. The van der Waals surface area contributed by atoms with Crippen LogP contribution in [0, 0.1) is 5.82 Å². The fraction of sp³-hybridized carbons (Fsp3) is 0.250. The van der Waals surface area contributed by atoms with Gasteiger partial charge in [-0.2, -0.15) is 5.10 Å². The molecule has 0 unspecified atom stereocenters. The molecule has 3 heterocycles. The molecule has 144 valence electrons.